The largest absolute Gasteiger partial charge is 0.326 e. The van der Waals surface area contributed by atoms with E-state index in [2.05, 4.69) is 22.2 Å². The molecule has 1 fully saturated rings. The molecule has 0 radical (unpaired) electrons. The topological polar surface area (TPSA) is 52.6 Å². The molecule has 0 saturated carbocycles. The fourth-order valence-corrected chi connectivity index (χ4v) is 3.06. The van der Waals surface area contributed by atoms with E-state index >= 15 is 0 Å². The first-order valence-electron chi connectivity index (χ1n) is 8.98. The number of anilines is 1. The molecule has 136 valence electrons. The zero-order valence-corrected chi connectivity index (χ0v) is 15.1. The first kappa shape index (κ1) is 18.3. The van der Waals surface area contributed by atoms with Crippen LogP contribution >= 0.6 is 0 Å². The number of ketones is 1. The minimum absolute atomic E-state index is 0.0835. The number of carbonyl (C=O) groups is 2. The summed E-state index contributed by atoms with van der Waals surface area (Å²) < 4.78 is 0. The van der Waals surface area contributed by atoms with Gasteiger partial charge in [0, 0.05) is 37.4 Å². The predicted octanol–water partition coefficient (Wildman–Crippen LogP) is 2.30. The molecular weight excluding hydrogens is 326 g/mol. The minimum atomic E-state index is -0.0835. The van der Waals surface area contributed by atoms with Crippen LogP contribution in [0.3, 0.4) is 0 Å². The predicted molar refractivity (Wildman–Crippen MR) is 103 cm³/mol. The Bertz CT molecular complexity index is 753. The molecule has 1 aliphatic rings. The number of hydrogen-bond donors (Lipinski definition) is 1. The van der Waals surface area contributed by atoms with Gasteiger partial charge in [-0.15, -0.1) is 0 Å². The average molecular weight is 351 g/mol. The van der Waals surface area contributed by atoms with Gasteiger partial charge >= 0.3 is 0 Å². The molecule has 1 aliphatic heterocycles. The lowest BCUT2D eigenvalue weighted by atomic mass is 10.1. The molecule has 1 amide bonds. The van der Waals surface area contributed by atoms with Crippen molar-refractivity contribution in [2.75, 3.05) is 45.1 Å². The van der Waals surface area contributed by atoms with Gasteiger partial charge in [0.15, 0.2) is 5.78 Å². The summed E-state index contributed by atoms with van der Waals surface area (Å²) in [5, 5.41) is 2.88. The zero-order valence-electron chi connectivity index (χ0n) is 15.1. The summed E-state index contributed by atoms with van der Waals surface area (Å²) in [5.74, 6) is 0.00794. The van der Waals surface area contributed by atoms with Gasteiger partial charge in [-0.05, 0) is 24.7 Å². The minimum Gasteiger partial charge on any atom is -0.326 e. The van der Waals surface area contributed by atoms with Crippen molar-refractivity contribution in [3.63, 3.8) is 0 Å². The standard InChI is InChI=1S/C21H25N3O2/c1-23-10-12-24(13-11-23)16-20(25)18-8-5-9-19(15-18)22-21(26)14-17-6-3-2-4-7-17/h2-9,15H,10-14,16H2,1H3,(H,22,26). The van der Waals surface area contributed by atoms with Gasteiger partial charge < -0.3 is 10.2 Å². The number of amides is 1. The lowest BCUT2D eigenvalue weighted by Crippen LogP contribution is -2.46. The molecule has 5 heteroatoms. The monoisotopic (exact) mass is 351 g/mol. The van der Waals surface area contributed by atoms with Crippen LogP contribution < -0.4 is 5.32 Å². The maximum atomic E-state index is 12.6. The molecule has 2 aromatic carbocycles. The number of benzene rings is 2. The Morgan fingerprint density at radius 1 is 0.962 bits per heavy atom. The summed E-state index contributed by atoms with van der Waals surface area (Å²) in [4.78, 5) is 29.2. The van der Waals surface area contributed by atoms with Gasteiger partial charge in [-0.3, -0.25) is 14.5 Å². The number of rotatable bonds is 6. The van der Waals surface area contributed by atoms with E-state index in [1.54, 1.807) is 6.07 Å². The van der Waals surface area contributed by atoms with Crippen molar-refractivity contribution in [3.05, 3.63) is 65.7 Å². The van der Waals surface area contributed by atoms with E-state index < -0.39 is 0 Å². The number of hydrogen-bond acceptors (Lipinski definition) is 4. The van der Waals surface area contributed by atoms with Crippen LogP contribution in [0.5, 0.6) is 0 Å². The summed E-state index contributed by atoms with van der Waals surface area (Å²) in [6, 6.07) is 16.8. The fourth-order valence-electron chi connectivity index (χ4n) is 3.06. The Labute approximate surface area is 154 Å². The molecule has 3 rings (SSSR count). The van der Waals surface area contributed by atoms with Crippen LogP contribution in [0, 0.1) is 0 Å². The molecule has 0 spiro atoms. The van der Waals surface area contributed by atoms with Gasteiger partial charge in [0.1, 0.15) is 0 Å². The van der Waals surface area contributed by atoms with Crippen molar-refractivity contribution in [2.24, 2.45) is 0 Å². The van der Waals surface area contributed by atoms with Gasteiger partial charge in [-0.25, -0.2) is 0 Å². The summed E-state index contributed by atoms with van der Waals surface area (Å²) >= 11 is 0. The molecule has 1 heterocycles. The third-order valence-electron chi connectivity index (χ3n) is 4.64. The van der Waals surface area contributed by atoms with E-state index in [1.165, 1.54) is 0 Å². The van der Waals surface area contributed by atoms with Crippen LogP contribution in [-0.4, -0.2) is 61.3 Å². The lowest BCUT2D eigenvalue weighted by Gasteiger charge is -2.31. The van der Waals surface area contributed by atoms with Crippen molar-refractivity contribution in [3.8, 4) is 0 Å². The number of Topliss-reactive ketones (excluding diaryl/α,β-unsaturated/α-hetero) is 1. The molecule has 0 atom stereocenters. The number of carbonyl (C=O) groups excluding carboxylic acids is 2. The van der Waals surface area contributed by atoms with Gasteiger partial charge in [0.25, 0.3) is 0 Å². The second-order valence-electron chi connectivity index (χ2n) is 6.79. The summed E-state index contributed by atoms with van der Waals surface area (Å²) in [6.07, 6.45) is 0.320. The Balaban J connectivity index is 1.57. The average Bonchev–Trinajstić information content (AvgIpc) is 2.64. The van der Waals surface area contributed by atoms with Gasteiger partial charge in [-0.1, -0.05) is 42.5 Å². The van der Waals surface area contributed by atoms with E-state index in [-0.39, 0.29) is 11.7 Å². The Morgan fingerprint density at radius 3 is 2.42 bits per heavy atom. The van der Waals surface area contributed by atoms with Crippen LogP contribution in [0.1, 0.15) is 15.9 Å². The quantitative estimate of drug-likeness (QED) is 0.812. The molecule has 2 aromatic rings. The number of nitrogens with zero attached hydrogens (tertiary/aromatic N) is 2. The molecule has 0 bridgehead atoms. The highest BCUT2D eigenvalue weighted by molar-refractivity contribution is 5.99. The van der Waals surface area contributed by atoms with Crippen molar-refractivity contribution in [1.29, 1.82) is 0 Å². The molecule has 0 aromatic heterocycles. The third-order valence-corrected chi connectivity index (χ3v) is 4.64. The summed E-state index contributed by atoms with van der Waals surface area (Å²) in [6.45, 7) is 4.23. The Kier molecular flexibility index (Phi) is 6.15. The van der Waals surface area contributed by atoms with E-state index in [0.717, 1.165) is 31.7 Å². The Morgan fingerprint density at radius 2 is 1.69 bits per heavy atom. The van der Waals surface area contributed by atoms with Crippen LogP contribution in [0.25, 0.3) is 0 Å². The Hall–Kier alpha value is -2.50. The smallest absolute Gasteiger partial charge is 0.228 e. The van der Waals surface area contributed by atoms with Crippen LogP contribution in [0.4, 0.5) is 5.69 Å². The third kappa shape index (κ3) is 5.25. The molecule has 5 nitrogen and oxygen atoms in total. The number of nitrogens with one attached hydrogen (secondary N) is 1. The maximum absolute atomic E-state index is 12.6. The lowest BCUT2D eigenvalue weighted by molar-refractivity contribution is -0.115. The molecule has 0 aliphatic carbocycles. The molecule has 1 saturated heterocycles. The first-order valence-corrected chi connectivity index (χ1v) is 8.98. The highest BCUT2D eigenvalue weighted by Gasteiger charge is 2.17. The van der Waals surface area contributed by atoms with Crippen molar-refractivity contribution in [2.45, 2.75) is 6.42 Å². The van der Waals surface area contributed by atoms with Crippen molar-refractivity contribution in [1.82, 2.24) is 9.80 Å². The fraction of sp³-hybridized carbons (Fsp3) is 0.333. The second-order valence-corrected chi connectivity index (χ2v) is 6.79. The van der Waals surface area contributed by atoms with Crippen LogP contribution in [0.2, 0.25) is 0 Å². The first-order chi connectivity index (χ1) is 12.6. The van der Waals surface area contributed by atoms with E-state index in [1.807, 2.05) is 48.5 Å². The highest BCUT2D eigenvalue weighted by atomic mass is 16.1. The van der Waals surface area contributed by atoms with Crippen molar-refractivity contribution < 1.29 is 9.59 Å². The molecule has 1 N–H and O–H groups in total. The molecule has 0 unspecified atom stereocenters. The van der Waals surface area contributed by atoms with Gasteiger partial charge in [0.05, 0.1) is 13.0 Å². The number of piperazine rings is 1. The maximum Gasteiger partial charge on any atom is 0.228 e. The highest BCUT2D eigenvalue weighted by Crippen LogP contribution is 2.13. The van der Waals surface area contributed by atoms with Crippen molar-refractivity contribution >= 4 is 17.4 Å². The zero-order chi connectivity index (χ0) is 18.4. The second kappa shape index (κ2) is 8.74. The van der Waals surface area contributed by atoms with Gasteiger partial charge in [0.2, 0.25) is 5.91 Å². The van der Waals surface area contributed by atoms with E-state index in [4.69, 9.17) is 0 Å². The summed E-state index contributed by atoms with van der Waals surface area (Å²) in [7, 11) is 2.10. The van der Waals surface area contributed by atoms with Gasteiger partial charge in [-0.2, -0.15) is 0 Å². The summed E-state index contributed by atoms with van der Waals surface area (Å²) in [5.41, 5.74) is 2.27. The number of likely N-dealkylation sites (N-methyl/N-ethyl adjacent to an activating group) is 1. The normalized spacial score (nSPS) is 15.6. The van der Waals surface area contributed by atoms with E-state index in [9.17, 15) is 9.59 Å². The molecular formula is C21H25N3O2. The van der Waals surface area contributed by atoms with E-state index in [0.29, 0.717) is 24.2 Å². The van der Waals surface area contributed by atoms with Crippen LogP contribution in [0.15, 0.2) is 54.6 Å². The molecule has 26 heavy (non-hydrogen) atoms. The van der Waals surface area contributed by atoms with Crippen LogP contribution in [-0.2, 0) is 11.2 Å². The SMILES string of the molecule is CN1CCN(CC(=O)c2cccc(NC(=O)Cc3ccccc3)c2)CC1.